The first-order valence-electron chi connectivity index (χ1n) is 9.43. The molecular formula is C21H22N4O3S. The van der Waals surface area contributed by atoms with Crippen LogP contribution in [0.4, 0.5) is 0 Å². The number of fused-ring (bicyclic) bond motifs is 1. The number of likely N-dealkylation sites (tertiary alicyclic amines) is 1. The van der Waals surface area contributed by atoms with Gasteiger partial charge in [-0.3, -0.25) is 9.59 Å². The Kier molecular flexibility index (Phi) is 4.97. The number of likely N-dealkylation sites (N-methyl/N-ethyl adjacent to an activating group) is 1. The third-order valence-corrected chi connectivity index (χ3v) is 6.04. The molecule has 0 bridgehead atoms. The van der Waals surface area contributed by atoms with E-state index < -0.39 is 23.5 Å². The van der Waals surface area contributed by atoms with Gasteiger partial charge in [-0.05, 0) is 30.5 Å². The van der Waals surface area contributed by atoms with E-state index in [0.29, 0.717) is 30.1 Å². The predicted octanol–water partition coefficient (Wildman–Crippen LogP) is 0.0727. The van der Waals surface area contributed by atoms with Crippen LogP contribution in [0.25, 0.3) is 11.4 Å². The lowest BCUT2D eigenvalue weighted by Gasteiger charge is -2.26. The molecule has 1 N–H and O–H groups in total. The Morgan fingerprint density at radius 2 is 2.03 bits per heavy atom. The molecule has 0 spiro atoms. The van der Waals surface area contributed by atoms with Gasteiger partial charge in [-0.15, -0.1) is 11.3 Å². The van der Waals surface area contributed by atoms with Crippen molar-refractivity contribution in [2.75, 3.05) is 27.2 Å². The molecule has 29 heavy (non-hydrogen) atoms. The number of Topliss-reactive ketones (excluding diaryl/α,β-unsaturated/α-hetero) is 1. The molecule has 4 rings (SSSR count). The molecule has 1 saturated heterocycles. The van der Waals surface area contributed by atoms with Crippen molar-refractivity contribution < 1.29 is 19.6 Å². The molecule has 150 valence electrons. The van der Waals surface area contributed by atoms with E-state index in [-0.39, 0.29) is 5.57 Å². The van der Waals surface area contributed by atoms with E-state index in [0.717, 1.165) is 9.78 Å². The molecule has 1 fully saturated rings. The maximum Gasteiger partial charge on any atom is 0.295 e. The third-order valence-electron chi connectivity index (χ3n) is 5.11. The lowest BCUT2D eigenvalue weighted by Crippen LogP contribution is -3.06. The highest BCUT2D eigenvalue weighted by atomic mass is 32.1. The Bertz CT molecular complexity index is 1110. The molecule has 1 atom stereocenters. The summed E-state index contributed by atoms with van der Waals surface area (Å²) in [4.78, 5) is 33.7. The molecule has 1 amide bonds. The van der Waals surface area contributed by atoms with E-state index in [2.05, 4.69) is 4.98 Å². The molecule has 0 radical (unpaired) electrons. The molecule has 8 heteroatoms. The molecular weight excluding hydrogens is 388 g/mol. The topological polar surface area (TPSA) is 82.2 Å². The van der Waals surface area contributed by atoms with Crippen molar-refractivity contribution in [3.8, 4) is 0 Å². The summed E-state index contributed by atoms with van der Waals surface area (Å²) in [5.74, 6) is -1.76. The third kappa shape index (κ3) is 3.24. The van der Waals surface area contributed by atoms with Crippen LogP contribution in [0, 0.1) is 6.92 Å². The van der Waals surface area contributed by atoms with Crippen LogP contribution in [-0.2, 0) is 9.59 Å². The van der Waals surface area contributed by atoms with Crippen molar-refractivity contribution >= 4 is 34.4 Å². The van der Waals surface area contributed by atoms with E-state index in [4.69, 9.17) is 0 Å². The van der Waals surface area contributed by atoms with Gasteiger partial charge in [0, 0.05) is 16.6 Å². The fourth-order valence-corrected chi connectivity index (χ4v) is 4.55. The van der Waals surface area contributed by atoms with Gasteiger partial charge in [0.1, 0.15) is 5.65 Å². The van der Waals surface area contributed by atoms with Crippen LogP contribution in [0.1, 0.15) is 22.3 Å². The van der Waals surface area contributed by atoms with Gasteiger partial charge < -0.3 is 19.3 Å². The summed E-state index contributed by atoms with van der Waals surface area (Å²) in [7, 11) is 3.97. The Labute approximate surface area is 172 Å². The summed E-state index contributed by atoms with van der Waals surface area (Å²) in [6.07, 6.45) is 1.75. The van der Waals surface area contributed by atoms with Crippen LogP contribution in [0.5, 0.6) is 0 Å². The van der Waals surface area contributed by atoms with Gasteiger partial charge in [0.2, 0.25) is 5.78 Å². The molecule has 1 aliphatic rings. The van der Waals surface area contributed by atoms with Gasteiger partial charge in [0.15, 0.2) is 0 Å². The fourth-order valence-electron chi connectivity index (χ4n) is 3.70. The van der Waals surface area contributed by atoms with Crippen molar-refractivity contribution in [1.82, 2.24) is 14.3 Å². The second kappa shape index (κ2) is 7.46. The van der Waals surface area contributed by atoms with Crippen LogP contribution >= 0.6 is 11.3 Å². The quantitative estimate of drug-likeness (QED) is 0.367. The smallest absolute Gasteiger partial charge is 0.295 e. The van der Waals surface area contributed by atoms with E-state index in [1.54, 1.807) is 29.7 Å². The SMILES string of the molecule is Cc1nc2ccccn2c1C([O-])=C1C(=O)C(=O)N(CC[NH+](C)C)C1c1cccs1. The van der Waals surface area contributed by atoms with Crippen LogP contribution in [0.2, 0.25) is 0 Å². The predicted molar refractivity (Wildman–Crippen MR) is 108 cm³/mol. The number of hydrogen-bond acceptors (Lipinski definition) is 5. The standard InChI is InChI=1S/C21H22N4O3S/c1-13-17(24-9-5-4-8-15(24)22-13)19(26)16-18(14-7-6-12-29-14)25(11-10-23(2)3)21(28)20(16)27/h4-9,12,18,26H,10-11H2,1-3H3. The zero-order valence-corrected chi connectivity index (χ0v) is 17.3. The monoisotopic (exact) mass is 410 g/mol. The number of ketones is 1. The Morgan fingerprint density at radius 1 is 1.24 bits per heavy atom. The van der Waals surface area contributed by atoms with Crippen molar-refractivity contribution in [1.29, 1.82) is 0 Å². The van der Waals surface area contributed by atoms with Crippen LogP contribution in [0.3, 0.4) is 0 Å². The summed E-state index contributed by atoms with van der Waals surface area (Å²) in [5.41, 5.74) is 1.51. The largest absolute Gasteiger partial charge is 0.871 e. The number of pyridine rings is 1. The highest BCUT2D eigenvalue weighted by Gasteiger charge is 2.45. The number of aryl methyl sites for hydroxylation is 1. The molecule has 0 aliphatic carbocycles. The number of nitrogens with one attached hydrogen (secondary N) is 1. The Morgan fingerprint density at radius 3 is 2.72 bits per heavy atom. The molecule has 0 aromatic carbocycles. The number of carbonyl (C=O) groups excluding carboxylic acids is 2. The number of aromatic nitrogens is 2. The van der Waals surface area contributed by atoms with Crippen molar-refractivity contribution in [3.05, 3.63) is 63.7 Å². The summed E-state index contributed by atoms with van der Waals surface area (Å²) in [6.45, 7) is 2.82. The van der Waals surface area contributed by atoms with Crippen LogP contribution in [0.15, 0.2) is 47.5 Å². The average molecular weight is 410 g/mol. The number of nitrogens with zero attached hydrogens (tertiary/aromatic N) is 3. The minimum atomic E-state index is -0.715. The summed E-state index contributed by atoms with van der Waals surface area (Å²) in [5, 5.41) is 15.5. The first-order chi connectivity index (χ1) is 13.9. The normalized spacial score (nSPS) is 19.0. The molecule has 1 unspecified atom stereocenters. The molecule has 7 nitrogen and oxygen atoms in total. The molecule has 3 aromatic heterocycles. The zero-order chi connectivity index (χ0) is 20.7. The number of carbonyl (C=O) groups is 2. The Balaban J connectivity index is 1.90. The minimum Gasteiger partial charge on any atom is -0.871 e. The molecule has 1 aliphatic heterocycles. The number of hydrogen-bond donors (Lipinski definition) is 1. The highest BCUT2D eigenvalue weighted by molar-refractivity contribution is 7.10. The Hall–Kier alpha value is -2.97. The van der Waals surface area contributed by atoms with E-state index >= 15 is 0 Å². The maximum absolute atomic E-state index is 13.6. The minimum absolute atomic E-state index is 0.0139. The second-order valence-corrected chi connectivity index (χ2v) is 8.40. The summed E-state index contributed by atoms with van der Waals surface area (Å²) < 4.78 is 1.68. The molecule has 4 heterocycles. The number of imidazole rings is 1. The zero-order valence-electron chi connectivity index (χ0n) is 16.5. The van der Waals surface area contributed by atoms with Gasteiger partial charge in [-0.2, -0.15) is 0 Å². The van der Waals surface area contributed by atoms with E-state index in [1.165, 1.54) is 16.2 Å². The lowest BCUT2D eigenvalue weighted by atomic mass is 10.0. The van der Waals surface area contributed by atoms with E-state index in [9.17, 15) is 14.7 Å². The first kappa shape index (κ1) is 19.4. The summed E-state index contributed by atoms with van der Waals surface area (Å²) in [6, 6.07) is 8.53. The van der Waals surface area contributed by atoms with Crippen molar-refractivity contribution in [3.63, 3.8) is 0 Å². The van der Waals surface area contributed by atoms with Gasteiger partial charge in [0.25, 0.3) is 5.91 Å². The number of thiophene rings is 1. The van der Waals surface area contributed by atoms with Gasteiger partial charge in [-0.25, -0.2) is 4.98 Å². The van der Waals surface area contributed by atoms with Crippen LogP contribution < -0.4 is 10.0 Å². The second-order valence-electron chi connectivity index (χ2n) is 7.42. The van der Waals surface area contributed by atoms with Crippen molar-refractivity contribution in [2.24, 2.45) is 0 Å². The van der Waals surface area contributed by atoms with E-state index in [1.807, 2.05) is 37.7 Å². The number of quaternary nitrogens is 1. The maximum atomic E-state index is 13.6. The fraction of sp³-hybridized carbons (Fsp3) is 0.286. The highest BCUT2D eigenvalue weighted by Crippen LogP contribution is 2.40. The average Bonchev–Trinajstić information content (AvgIpc) is 3.37. The molecule has 0 saturated carbocycles. The lowest BCUT2D eigenvalue weighted by molar-refractivity contribution is -0.857. The van der Waals surface area contributed by atoms with Gasteiger partial charge in [-0.1, -0.05) is 17.9 Å². The van der Waals surface area contributed by atoms with Crippen molar-refractivity contribution in [2.45, 2.75) is 13.0 Å². The van der Waals surface area contributed by atoms with Gasteiger partial charge >= 0.3 is 0 Å². The number of amides is 1. The first-order valence-corrected chi connectivity index (χ1v) is 10.3. The number of rotatable bonds is 5. The molecule has 3 aromatic rings. The van der Waals surface area contributed by atoms with Gasteiger partial charge in [0.05, 0.1) is 44.6 Å². The summed E-state index contributed by atoms with van der Waals surface area (Å²) >= 11 is 1.44. The van der Waals surface area contributed by atoms with Crippen LogP contribution in [-0.4, -0.2) is 53.2 Å².